The Morgan fingerprint density at radius 2 is 2.08 bits per heavy atom. The van der Waals surface area contributed by atoms with Crippen molar-refractivity contribution >= 4 is 45.2 Å². The van der Waals surface area contributed by atoms with Gasteiger partial charge >= 0.3 is 0 Å². The number of rotatable bonds is 4. The number of hydrogen-bond acceptors (Lipinski definition) is 4. The average molecular weight is 367 g/mol. The monoisotopic (exact) mass is 366 g/mol. The second kappa shape index (κ2) is 6.70. The van der Waals surface area contributed by atoms with Gasteiger partial charge in [-0.1, -0.05) is 41.9 Å². The number of aromatic nitrogens is 2. The summed E-state index contributed by atoms with van der Waals surface area (Å²) in [6.07, 6.45) is 3.75. The highest BCUT2D eigenvalue weighted by Crippen LogP contribution is 2.31. The Morgan fingerprint density at radius 1 is 1.20 bits per heavy atom. The maximum Gasteiger partial charge on any atom is 0.204 e. The SMILES string of the molecule is Cc1sc(N/N=C/c2c[nH]c3ccccc23)nc1-c1cccc(Cl)c1. The summed E-state index contributed by atoms with van der Waals surface area (Å²) < 4.78 is 0. The lowest BCUT2D eigenvalue weighted by Gasteiger charge is -1.98. The van der Waals surface area contributed by atoms with E-state index in [4.69, 9.17) is 11.6 Å². The van der Waals surface area contributed by atoms with Crippen LogP contribution in [0.15, 0.2) is 59.8 Å². The molecule has 2 heterocycles. The van der Waals surface area contributed by atoms with Gasteiger partial charge in [0.1, 0.15) is 0 Å². The van der Waals surface area contributed by atoms with Crippen LogP contribution in [0, 0.1) is 6.92 Å². The third kappa shape index (κ3) is 3.29. The van der Waals surface area contributed by atoms with Gasteiger partial charge in [-0.3, -0.25) is 5.43 Å². The highest BCUT2D eigenvalue weighted by molar-refractivity contribution is 7.16. The molecule has 0 atom stereocenters. The molecule has 0 bridgehead atoms. The number of nitrogens with one attached hydrogen (secondary N) is 2. The number of hydrazone groups is 1. The van der Waals surface area contributed by atoms with E-state index in [0.29, 0.717) is 5.02 Å². The number of aryl methyl sites for hydroxylation is 1. The predicted octanol–water partition coefficient (Wildman–Crippen LogP) is 5.70. The third-order valence-electron chi connectivity index (χ3n) is 3.88. The molecule has 4 aromatic rings. The summed E-state index contributed by atoms with van der Waals surface area (Å²) >= 11 is 7.64. The molecule has 4 rings (SSSR count). The number of halogens is 1. The zero-order chi connectivity index (χ0) is 17.2. The molecule has 0 amide bonds. The van der Waals surface area contributed by atoms with Crippen molar-refractivity contribution in [3.63, 3.8) is 0 Å². The molecule has 6 heteroatoms. The van der Waals surface area contributed by atoms with Crippen LogP contribution in [0.3, 0.4) is 0 Å². The Hall–Kier alpha value is -2.63. The van der Waals surface area contributed by atoms with Crippen molar-refractivity contribution in [3.05, 3.63) is 70.2 Å². The first kappa shape index (κ1) is 15.9. The normalized spacial score (nSPS) is 11.4. The number of benzene rings is 2. The largest absolute Gasteiger partial charge is 0.361 e. The first-order chi connectivity index (χ1) is 12.2. The summed E-state index contributed by atoms with van der Waals surface area (Å²) in [5, 5.41) is 6.93. The molecule has 2 aromatic carbocycles. The summed E-state index contributed by atoms with van der Waals surface area (Å²) in [6.45, 7) is 2.04. The van der Waals surface area contributed by atoms with Gasteiger partial charge in [-0.05, 0) is 25.1 Å². The summed E-state index contributed by atoms with van der Waals surface area (Å²) in [6, 6.07) is 15.8. The molecule has 25 heavy (non-hydrogen) atoms. The Balaban J connectivity index is 1.55. The fraction of sp³-hybridized carbons (Fsp3) is 0.0526. The zero-order valence-electron chi connectivity index (χ0n) is 13.5. The molecule has 0 aliphatic heterocycles. The summed E-state index contributed by atoms with van der Waals surface area (Å²) in [5.41, 5.74) is 7.09. The minimum atomic E-state index is 0.705. The van der Waals surface area contributed by atoms with Crippen molar-refractivity contribution in [1.82, 2.24) is 9.97 Å². The van der Waals surface area contributed by atoms with E-state index in [1.807, 2.05) is 55.6 Å². The van der Waals surface area contributed by atoms with E-state index >= 15 is 0 Å². The van der Waals surface area contributed by atoms with E-state index < -0.39 is 0 Å². The lowest BCUT2D eigenvalue weighted by atomic mass is 10.1. The fourth-order valence-electron chi connectivity index (χ4n) is 2.71. The molecule has 0 aliphatic carbocycles. The van der Waals surface area contributed by atoms with Crippen LogP contribution in [0.4, 0.5) is 5.13 Å². The van der Waals surface area contributed by atoms with Crippen LogP contribution in [0.1, 0.15) is 10.4 Å². The molecule has 0 radical (unpaired) electrons. The van der Waals surface area contributed by atoms with Crippen LogP contribution in [-0.2, 0) is 0 Å². The van der Waals surface area contributed by atoms with Crippen LogP contribution in [0.5, 0.6) is 0 Å². The maximum atomic E-state index is 6.08. The molecule has 0 spiro atoms. The third-order valence-corrected chi connectivity index (χ3v) is 4.99. The Bertz CT molecular complexity index is 1060. The molecule has 4 nitrogen and oxygen atoms in total. The molecule has 0 fully saturated rings. The van der Waals surface area contributed by atoms with E-state index in [9.17, 15) is 0 Å². The van der Waals surface area contributed by atoms with E-state index in [0.717, 1.165) is 37.7 Å². The predicted molar refractivity (Wildman–Crippen MR) is 107 cm³/mol. The van der Waals surface area contributed by atoms with E-state index in [2.05, 4.69) is 26.6 Å². The lowest BCUT2D eigenvalue weighted by molar-refractivity contribution is 1.28. The number of aromatic amines is 1. The number of nitrogens with zero attached hydrogens (tertiary/aromatic N) is 2. The van der Waals surface area contributed by atoms with Crippen molar-refractivity contribution in [1.29, 1.82) is 0 Å². The van der Waals surface area contributed by atoms with Gasteiger partial charge in [-0.25, -0.2) is 4.98 Å². The Labute approximate surface area is 154 Å². The molecular weight excluding hydrogens is 352 g/mol. The minimum Gasteiger partial charge on any atom is -0.361 e. The highest BCUT2D eigenvalue weighted by atomic mass is 35.5. The fourth-order valence-corrected chi connectivity index (χ4v) is 3.68. The topological polar surface area (TPSA) is 53.1 Å². The first-order valence-corrected chi connectivity index (χ1v) is 8.99. The van der Waals surface area contributed by atoms with E-state index in [-0.39, 0.29) is 0 Å². The van der Waals surface area contributed by atoms with Gasteiger partial charge in [0.2, 0.25) is 5.13 Å². The average Bonchev–Trinajstić information content (AvgIpc) is 3.19. The Kier molecular flexibility index (Phi) is 4.26. The minimum absolute atomic E-state index is 0.705. The van der Waals surface area contributed by atoms with Crippen molar-refractivity contribution in [3.8, 4) is 11.3 Å². The van der Waals surface area contributed by atoms with Gasteiger partial charge in [0, 0.05) is 38.1 Å². The van der Waals surface area contributed by atoms with Crippen LogP contribution < -0.4 is 5.43 Å². The van der Waals surface area contributed by atoms with Gasteiger partial charge < -0.3 is 4.98 Å². The zero-order valence-corrected chi connectivity index (χ0v) is 15.0. The molecular formula is C19H15ClN4S. The van der Waals surface area contributed by atoms with Gasteiger partial charge in [0.15, 0.2) is 0 Å². The molecule has 2 aromatic heterocycles. The van der Waals surface area contributed by atoms with Crippen molar-refractivity contribution in [2.75, 3.05) is 5.43 Å². The lowest BCUT2D eigenvalue weighted by Crippen LogP contribution is -1.89. The molecule has 124 valence electrons. The number of hydrogen-bond donors (Lipinski definition) is 2. The van der Waals surface area contributed by atoms with Crippen LogP contribution in [0.2, 0.25) is 5.02 Å². The highest BCUT2D eigenvalue weighted by Gasteiger charge is 2.09. The van der Waals surface area contributed by atoms with Crippen LogP contribution in [0.25, 0.3) is 22.2 Å². The smallest absolute Gasteiger partial charge is 0.204 e. The number of fused-ring (bicyclic) bond motifs is 1. The van der Waals surface area contributed by atoms with Gasteiger partial charge in [-0.2, -0.15) is 5.10 Å². The number of thiazole rings is 1. The Morgan fingerprint density at radius 3 is 2.96 bits per heavy atom. The molecule has 0 aliphatic rings. The van der Waals surface area contributed by atoms with Gasteiger partial charge in [-0.15, -0.1) is 11.3 Å². The van der Waals surface area contributed by atoms with Crippen LogP contribution >= 0.6 is 22.9 Å². The van der Waals surface area contributed by atoms with Crippen LogP contribution in [-0.4, -0.2) is 16.2 Å². The van der Waals surface area contributed by atoms with Crippen molar-refractivity contribution < 1.29 is 0 Å². The molecule has 0 unspecified atom stereocenters. The van der Waals surface area contributed by atoms with Crippen molar-refractivity contribution in [2.24, 2.45) is 5.10 Å². The summed E-state index contributed by atoms with van der Waals surface area (Å²) in [7, 11) is 0. The quantitative estimate of drug-likeness (QED) is 0.359. The number of para-hydroxylation sites is 1. The van der Waals surface area contributed by atoms with E-state index in [1.54, 1.807) is 17.6 Å². The van der Waals surface area contributed by atoms with Crippen molar-refractivity contribution in [2.45, 2.75) is 6.92 Å². The second-order valence-corrected chi connectivity index (χ2v) is 7.23. The van der Waals surface area contributed by atoms with Gasteiger partial charge in [0.05, 0.1) is 11.9 Å². The summed E-state index contributed by atoms with van der Waals surface area (Å²) in [5.74, 6) is 0. The first-order valence-electron chi connectivity index (χ1n) is 7.79. The maximum absolute atomic E-state index is 6.08. The number of H-pyrrole nitrogens is 1. The molecule has 0 saturated heterocycles. The van der Waals surface area contributed by atoms with E-state index in [1.165, 1.54) is 0 Å². The summed E-state index contributed by atoms with van der Waals surface area (Å²) in [4.78, 5) is 8.98. The molecule has 0 saturated carbocycles. The molecule has 2 N–H and O–H groups in total. The standard InChI is InChI=1S/C19H15ClN4S/c1-12-18(13-5-4-6-15(20)9-13)23-19(25-12)24-22-11-14-10-21-17-8-3-2-7-16(14)17/h2-11,21H,1H3,(H,23,24)/b22-11+. The number of anilines is 1. The van der Waals surface area contributed by atoms with Gasteiger partial charge in [0.25, 0.3) is 0 Å². The second-order valence-electron chi connectivity index (χ2n) is 5.59.